The van der Waals surface area contributed by atoms with Crippen LogP contribution in [0.4, 0.5) is 5.69 Å². The first-order chi connectivity index (χ1) is 14.2. The normalized spacial score (nSPS) is 17.9. The van der Waals surface area contributed by atoms with Crippen molar-refractivity contribution in [2.24, 2.45) is 11.1 Å². The van der Waals surface area contributed by atoms with Crippen molar-refractivity contribution in [2.45, 2.75) is 6.10 Å². The Balaban J connectivity index is 1.65. The van der Waals surface area contributed by atoms with Crippen molar-refractivity contribution in [1.82, 2.24) is 0 Å². The van der Waals surface area contributed by atoms with Crippen LogP contribution in [0.25, 0.3) is 0 Å². The van der Waals surface area contributed by atoms with E-state index in [1.54, 1.807) is 43.5 Å². The van der Waals surface area contributed by atoms with Crippen LogP contribution >= 0.6 is 11.6 Å². The number of rotatable bonds is 5. The molecule has 1 aliphatic heterocycles. The Kier molecular flexibility index (Phi) is 5.49. The lowest BCUT2D eigenvalue weighted by atomic mass is 9.88. The highest BCUT2D eigenvalue weighted by molar-refractivity contribution is 6.30. The van der Waals surface area contributed by atoms with E-state index in [1.165, 1.54) is 0 Å². The zero-order valence-electron chi connectivity index (χ0n) is 15.7. The van der Waals surface area contributed by atoms with Gasteiger partial charge in [-0.3, -0.25) is 4.79 Å². The minimum absolute atomic E-state index is 0.199. The Morgan fingerprint density at radius 1 is 1.00 bits per heavy atom. The van der Waals surface area contributed by atoms with E-state index in [4.69, 9.17) is 21.2 Å². The predicted molar refractivity (Wildman–Crippen MR) is 113 cm³/mol. The SMILES string of the molecule is COc1ccc(NC(=O)[C@H]2C(c3ccc(Cl)cc3)=NO[C@@H]2c2ccccc2)cc1. The summed E-state index contributed by atoms with van der Waals surface area (Å²) >= 11 is 6.01. The van der Waals surface area contributed by atoms with Gasteiger partial charge in [-0.2, -0.15) is 0 Å². The van der Waals surface area contributed by atoms with E-state index in [9.17, 15) is 4.79 Å². The van der Waals surface area contributed by atoms with Gasteiger partial charge in [-0.05, 0) is 42.0 Å². The molecule has 0 saturated heterocycles. The Morgan fingerprint density at radius 2 is 1.69 bits per heavy atom. The second-order valence-corrected chi connectivity index (χ2v) is 7.05. The van der Waals surface area contributed by atoms with Gasteiger partial charge >= 0.3 is 0 Å². The van der Waals surface area contributed by atoms with Crippen LogP contribution < -0.4 is 10.1 Å². The lowest BCUT2D eigenvalue weighted by Crippen LogP contribution is -2.32. The van der Waals surface area contributed by atoms with Crippen LogP contribution in [0.1, 0.15) is 17.2 Å². The highest BCUT2D eigenvalue weighted by atomic mass is 35.5. The minimum Gasteiger partial charge on any atom is -0.497 e. The van der Waals surface area contributed by atoms with Crippen LogP contribution in [-0.2, 0) is 9.63 Å². The molecular weight excluding hydrogens is 388 g/mol. The minimum atomic E-state index is -0.610. The van der Waals surface area contributed by atoms with Gasteiger partial charge < -0.3 is 14.9 Å². The third kappa shape index (κ3) is 4.10. The molecule has 3 aromatic rings. The van der Waals surface area contributed by atoms with Crippen LogP contribution in [0, 0.1) is 5.92 Å². The summed E-state index contributed by atoms with van der Waals surface area (Å²) in [7, 11) is 1.60. The number of anilines is 1. The number of nitrogens with zero attached hydrogens (tertiary/aromatic N) is 1. The lowest BCUT2D eigenvalue weighted by Gasteiger charge is -2.19. The topological polar surface area (TPSA) is 59.9 Å². The average Bonchev–Trinajstić information content (AvgIpc) is 3.21. The molecule has 1 amide bonds. The summed E-state index contributed by atoms with van der Waals surface area (Å²) in [5.41, 5.74) is 2.92. The maximum absolute atomic E-state index is 13.3. The van der Waals surface area contributed by atoms with E-state index in [-0.39, 0.29) is 5.91 Å². The maximum Gasteiger partial charge on any atom is 0.237 e. The summed E-state index contributed by atoms with van der Waals surface area (Å²) in [6.45, 7) is 0. The summed E-state index contributed by atoms with van der Waals surface area (Å²) in [5, 5.41) is 7.84. The fourth-order valence-corrected chi connectivity index (χ4v) is 3.41. The number of carbonyl (C=O) groups is 1. The van der Waals surface area contributed by atoms with E-state index in [1.807, 2.05) is 42.5 Å². The number of halogens is 1. The van der Waals surface area contributed by atoms with E-state index in [0.29, 0.717) is 16.4 Å². The summed E-state index contributed by atoms with van der Waals surface area (Å²) in [6, 6.07) is 24.0. The molecule has 0 radical (unpaired) electrons. The highest BCUT2D eigenvalue weighted by Gasteiger charge is 2.41. The summed E-state index contributed by atoms with van der Waals surface area (Å²) in [5.74, 6) is -0.0892. The fourth-order valence-electron chi connectivity index (χ4n) is 3.28. The smallest absolute Gasteiger partial charge is 0.237 e. The summed E-state index contributed by atoms with van der Waals surface area (Å²) in [4.78, 5) is 19.0. The molecule has 0 bridgehead atoms. The lowest BCUT2D eigenvalue weighted by molar-refractivity contribution is -0.120. The van der Waals surface area contributed by atoms with Crippen LogP contribution in [0.15, 0.2) is 84.0 Å². The number of oxime groups is 1. The zero-order chi connectivity index (χ0) is 20.2. The van der Waals surface area contributed by atoms with Gasteiger partial charge in [-0.25, -0.2) is 0 Å². The number of hydrogen-bond donors (Lipinski definition) is 1. The first-order valence-electron chi connectivity index (χ1n) is 9.15. The number of methoxy groups -OCH3 is 1. The third-order valence-corrected chi connectivity index (χ3v) is 5.02. The molecular formula is C23H19ClN2O3. The quantitative estimate of drug-likeness (QED) is 0.642. The van der Waals surface area contributed by atoms with E-state index >= 15 is 0 Å². The molecule has 146 valence electrons. The molecule has 3 aromatic carbocycles. The molecule has 0 spiro atoms. The molecule has 29 heavy (non-hydrogen) atoms. The van der Waals surface area contributed by atoms with Crippen molar-refractivity contribution in [3.8, 4) is 5.75 Å². The Bertz CT molecular complexity index is 1020. The second-order valence-electron chi connectivity index (χ2n) is 6.62. The molecule has 0 unspecified atom stereocenters. The molecule has 1 N–H and O–H groups in total. The van der Waals surface area contributed by atoms with Crippen LogP contribution in [0.2, 0.25) is 5.02 Å². The molecule has 0 aromatic heterocycles. The van der Waals surface area contributed by atoms with Crippen molar-refractivity contribution in [3.05, 3.63) is 95.0 Å². The predicted octanol–water partition coefficient (Wildman–Crippen LogP) is 5.08. The molecule has 6 heteroatoms. The van der Waals surface area contributed by atoms with Crippen LogP contribution in [-0.4, -0.2) is 18.7 Å². The zero-order valence-corrected chi connectivity index (χ0v) is 16.5. The molecule has 5 nitrogen and oxygen atoms in total. The Labute approximate surface area is 173 Å². The number of benzene rings is 3. The van der Waals surface area contributed by atoms with Gasteiger partial charge in [-0.15, -0.1) is 0 Å². The highest BCUT2D eigenvalue weighted by Crippen LogP contribution is 2.36. The van der Waals surface area contributed by atoms with E-state index in [0.717, 1.165) is 16.9 Å². The summed E-state index contributed by atoms with van der Waals surface area (Å²) < 4.78 is 5.17. The number of ether oxygens (including phenoxy) is 1. The Morgan fingerprint density at radius 3 is 2.34 bits per heavy atom. The maximum atomic E-state index is 13.3. The molecule has 2 atom stereocenters. The number of amides is 1. The van der Waals surface area contributed by atoms with Gasteiger partial charge in [0.15, 0.2) is 6.10 Å². The molecule has 1 aliphatic rings. The Hall–Kier alpha value is -3.31. The van der Waals surface area contributed by atoms with Crippen LogP contribution in [0.5, 0.6) is 5.75 Å². The van der Waals surface area contributed by atoms with Gasteiger partial charge in [0.2, 0.25) is 5.91 Å². The van der Waals surface area contributed by atoms with Crippen molar-refractivity contribution in [2.75, 3.05) is 12.4 Å². The van der Waals surface area contributed by atoms with Gasteiger partial charge in [0.1, 0.15) is 17.4 Å². The number of carbonyl (C=O) groups excluding carboxylic acids is 1. The first kappa shape index (κ1) is 19.0. The second kappa shape index (κ2) is 8.37. The van der Waals surface area contributed by atoms with E-state index < -0.39 is 12.0 Å². The van der Waals surface area contributed by atoms with Gasteiger partial charge in [0, 0.05) is 16.3 Å². The van der Waals surface area contributed by atoms with Crippen molar-refractivity contribution in [1.29, 1.82) is 0 Å². The fraction of sp³-hybridized carbons (Fsp3) is 0.130. The van der Waals surface area contributed by atoms with Crippen LogP contribution in [0.3, 0.4) is 0 Å². The molecule has 1 heterocycles. The molecule has 4 rings (SSSR count). The monoisotopic (exact) mass is 406 g/mol. The summed E-state index contributed by atoms with van der Waals surface area (Å²) in [6.07, 6.45) is -0.514. The van der Waals surface area contributed by atoms with E-state index in [2.05, 4.69) is 10.5 Å². The standard InChI is InChI=1S/C23H19ClN2O3/c1-28-19-13-11-18(12-14-19)25-23(27)20-21(15-7-9-17(24)10-8-15)26-29-22(20)16-5-3-2-4-6-16/h2-14,20,22H,1H3,(H,25,27)/t20-,22+/m0/s1. The van der Waals surface area contributed by atoms with Crippen molar-refractivity contribution >= 4 is 28.9 Å². The van der Waals surface area contributed by atoms with Gasteiger partial charge in [0.25, 0.3) is 0 Å². The number of hydrogen-bond acceptors (Lipinski definition) is 4. The van der Waals surface area contributed by atoms with Crippen molar-refractivity contribution in [3.63, 3.8) is 0 Å². The van der Waals surface area contributed by atoms with Crippen molar-refractivity contribution < 1.29 is 14.4 Å². The first-order valence-corrected chi connectivity index (χ1v) is 9.53. The molecule has 0 fully saturated rings. The molecule has 0 aliphatic carbocycles. The third-order valence-electron chi connectivity index (χ3n) is 4.77. The van der Waals surface area contributed by atoms with Gasteiger partial charge in [0.05, 0.1) is 7.11 Å². The molecule has 0 saturated carbocycles. The number of nitrogens with one attached hydrogen (secondary N) is 1. The average molecular weight is 407 g/mol. The van der Waals surface area contributed by atoms with Gasteiger partial charge in [-0.1, -0.05) is 59.2 Å². The largest absolute Gasteiger partial charge is 0.497 e.